The fraction of sp³-hybridized carbons (Fsp3) is 0.167. The van der Waals surface area contributed by atoms with Gasteiger partial charge in [0.25, 0.3) is 0 Å². The molecule has 3 rings (SSSR count). The van der Waals surface area contributed by atoms with Crippen molar-refractivity contribution in [1.29, 1.82) is 0 Å². The molecule has 0 aliphatic carbocycles. The summed E-state index contributed by atoms with van der Waals surface area (Å²) in [5.74, 6) is 0. The summed E-state index contributed by atoms with van der Waals surface area (Å²) in [5, 5.41) is 3.56. The van der Waals surface area contributed by atoms with Crippen molar-refractivity contribution in [2.75, 3.05) is 0 Å². The second kappa shape index (κ2) is 6.90. The minimum atomic E-state index is 0.311. The average Bonchev–Trinajstić information content (AvgIpc) is 3.07. The average molecular weight is 356 g/mol. The van der Waals surface area contributed by atoms with Crippen molar-refractivity contribution in [3.63, 3.8) is 0 Å². The van der Waals surface area contributed by atoms with Crippen LogP contribution in [0.4, 0.5) is 0 Å². The van der Waals surface area contributed by atoms with E-state index in [0.29, 0.717) is 6.04 Å². The van der Waals surface area contributed by atoms with Gasteiger partial charge in [-0.3, -0.25) is 0 Å². The quantitative estimate of drug-likeness (QED) is 0.730. The lowest BCUT2D eigenvalue weighted by atomic mass is 10.1. The first-order valence-corrected chi connectivity index (χ1v) is 8.08. The summed E-state index contributed by atoms with van der Waals surface area (Å²) >= 11 is 3.52. The Kier molecular flexibility index (Phi) is 4.71. The van der Waals surface area contributed by atoms with Crippen molar-refractivity contribution >= 4 is 15.9 Å². The predicted octanol–water partition coefficient (Wildman–Crippen LogP) is 4.49. The van der Waals surface area contributed by atoms with E-state index in [9.17, 15) is 0 Å². The largest absolute Gasteiger partial charge is 0.306 e. The Morgan fingerprint density at radius 3 is 2.68 bits per heavy atom. The van der Waals surface area contributed by atoms with Crippen molar-refractivity contribution < 1.29 is 0 Å². The van der Waals surface area contributed by atoms with Gasteiger partial charge in [0, 0.05) is 35.1 Å². The fourth-order valence-electron chi connectivity index (χ4n) is 2.36. The lowest BCUT2D eigenvalue weighted by molar-refractivity contribution is 0.574. The van der Waals surface area contributed by atoms with Crippen LogP contribution in [0.2, 0.25) is 0 Å². The van der Waals surface area contributed by atoms with Gasteiger partial charge in [0.15, 0.2) is 0 Å². The number of aromatic nitrogens is 2. The monoisotopic (exact) mass is 355 g/mol. The van der Waals surface area contributed by atoms with Gasteiger partial charge in [-0.15, -0.1) is 0 Å². The molecular weight excluding hydrogens is 338 g/mol. The fourth-order valence-corrected chi connectivity index (χ4v) is 2.78. The first kappa shape index (κ1) is 15.0. The third-order valence-electron chi connectivity index (χ3n) is 3.70. The van der Waals surface area contributed by atoms with Gasteiger partial charge in [-0.25, -0.2) is 4.98 Å². The molecule has 1 heterocycles. The minimum Gasteiger partial charge on any atom is -0.306 e. The standard InChI is InChI=1S/C18H18BrN3/c1-14(16-3-2-4-17(19)11-16)21-12-15-5-7-18(8-6-15)22-10-9-20-13-22/h2-11,13-14,21H,12H2,1H3/t14-/m0/s1. The molecule has 3 aromatic rings. The number of hydrogen-bond donors (Lipinski definition) is 1. The van der Waals surface area contributed by atoms with Crippen molar-refractivity contribution in [3.05, 3.63) is 82.9 Å². The maximum Gasteiger partial charge on any atom is 0.0991 e. The second-order valence-corrected chi connectivity index (χ2v) is 6.21. The molecule has 0 radical (unpaired) electrons. The Bertz CT molecular complexity index is 720. The third-order valence-corrected chi connectivity index (χ3v) is 4.19. The van der Waals surface area contributed by atoms with Gasteiger partial charge in [0.1, 0.15) is 0 Å². The lowest BCUT2D eigenvalue weighted by Crippen LogP contribution is -2.18. The Hall–Kier alpha value is -1.91. The van der Waals surface area contributed by atoms with E-state index in [4.69, 9.17) is 0 Å². The predicted molar refractivity (Wildman–Crippen MR) is 93.0 cm³/mol. The molecule has 1 aromatic heterocycles. The van der Waals surface area contributed by atoms with Gasteiger partial charge >= 0.3 is 0 Å². The molecule has 0 fully saturated rings. The number of imidazole rings is 1. The van der Waals surface area contributed by atoms with Crippen LogP contribution in [-0.4, -0.2) is 9.55 Å². The van der Waals surface area contributed by atoms with Crippen LogP contribution in [-0.2, 0) is 6.54 Å². The highest BCUT2D eigenvalue weighted by Crippen LogP contribution is 2.18. The molecule has 4 heteroatoms. The molecular formula is C18H18BrN3. The van der Waals surface area contributed by atoms with E-state index >= 15 is 0 Å². The number of nitrogens with one attached hydrogen (secondary N) is 1. The minimum absolute atomic E-state index is 0.311. The van der Waals surface area contributed by atoms with E-state index in [2.05, 4.69) is 75.6 Å². The van der Waals surface area contributed by atoms with Crippen LogP contribution < -0.4 is 5.32 Å². The highest BCUT2D eigenvalue weighted by atomic mass is 79.9. The van der Waals surface area contributed by atoms with E-state index in [1.807, 2.05) is 23.2 Å². The van der Waals surface area contributed by atoms with Crippen LogP contribution in [0.1, 0.15) is 24.1 Å². The summed E-state index contributed by atoms with van der Waals surface area (Å²) in [6, 6.07) is 17.2. The first-order valence-electron chi connectivity index (χ1n) is 7.28. The van der Waals surface area contributed by atoms with Crippen LogP contribution in [0.15, 0.2) is 71.7 Å². The maximum atomic E-state index is 4.07. The molecule has 0 aliphatic heterocycles. The third kappa shape index (κ3) is 3.64. The topological polar surface area (TPSA) is 29.9 Å². The summed E-state index contributed by atoms with van der Waals surface area (Å²) in [6.45, 7) is 3.03. The smallest absolute Gasteiger partial charge is 0.0991 e. The van der Waals surface area contributed by atoms with Crippen LogP contribution in [0.25, 0.3) is 5.69 Å². The lowest BCUT2D eigenvalue weighted by Gasteiger charge is -2.15. The number of nitrogens with zero attached hydrogens (tertiary/aromatic N) is 2. The second-order valence-electron chi connectivity index (χ2n) is 5.29. The van der Waals surface area contributed by atoms with Gasteiger partial charge < -0.3 is 9.88 Å². The molecule has 2 aromatic carbocycles. The zero-order valence-corrected chi connectivity index (χ0v) is 14.0. The summed E-state index contributed by atoms with van der Waals surface area (Å²) in [7, 11) is 0. The Labute approximate surface area is 139 Å². The van der Waals surface area contributed by atoms with Crippen LogP contribution in [0, 0.1) is 0 Å². The van der Waals surface area contributed by atoms with Crippen LogP contribution >= 0.6 is 15.9 Å². The molecule has 3 nitrogen and oxygen atoms in total. The highest BCUT2D eigenvalue weighted by molar-refractivity contribution is 9.10. The van der Waals surface area contributed by atoms with Crippen molar-refractivity contribution in [2.24, 2.45) is 0 Å². The van der Waals surface area contributed by atoms with Gasteiger partial charge in [0.05, 0.1) is 6.33 Å². The van der Waals surface area contributed by atoms with Crippen molar-refractivity contribution in [2.45, 2.75) is 19.5 Å². The number of benzene rings is 2. The molecule has 0 saturated carbocycles. The normalized spacial score (nSPS) is 12.3. The first-order chi connectivity index (χ1) is 10.7. The van der Waals surface area contributed by atoms with Crippen LogP contribution in [0.3, 0.4) is 0 Å². The van der Waals surface area contributed by atoms with E-state index < -0.39 is 0 Å². The molecule has 1 N–H and O–H groups in total. The molecule has 22 heavy (non-hydrogen) atoms. The molecule has 1 atom stereocenters. The maximum absolute atomic E-state index is 4.07. The summed E-state index contributed by atoms with van der Waals surface area (Å²) in [6.07, 6.45) is 5.54. The number of rotatable bonds is 5. The van der Waals surface area contributed by atoms with Crippen molar-refractivity contribution in [3.8, 4) is 5.69 Å². The Morgan fingerprint density at radius 2 is 2.00 bits per heavy atom. The van der Waals surface area contributed by atoms with Crippen molar-refractivity contribution in [1.82, 2.24) is 14.9 Å². The molecule has 0 aliphatic rings. The summed E-state index contributed by atoms with van der Waals surface area (Å²) in [4.78, 5) is 4.07. The summed E-state index contributed by atoms with van der Waals surface area (Å²) in [5.41, 5.74) is 3.68. The zero-order valence-electron chi connectivity index (χ0n) is 12.4. The van der Waals surface area contributed by atoms with Gasteiger partial charge in [-0.2, -0.15) is 0 Å². The number of halogens is 1. The zero-order chi connectivity index (χ0) is 15.4. The molecule has 0 amide bonds. The molecule has 0 unspecified atom stereocenters. The van der Waals surface area contributed by atoms with E-state index in [1.165, 1.54) is 11.1 Å². The van der Waals surface area contributed by atoms with E-state index in [-0.39, 0.29) is 0 Å². The Balaban J connectivity index is 1.62. The molecule has 112 valence electrons. The Morgan fingerprint density at radius 1 is 1.18 bits per heavy atom. The highest BCUT2D eigenvalue weighted by Gasteiger charge is 2.05. The van der Waals surface area contributed by atoms with Gasteiger partial charge in [-0.05, 0) is 42.3 Å². The molecule has 0 spiro atoms. The van der Waals surface area contributed by atoms with E-state index in [1.54, 1.807) is 6.20 Å². The van der Waals surface area contributed by atoms with Gasteiger partial charge in [0.2, 0.25) is 0 Å². The number of hydrogen-bond acceptors (Lipinski definition) is 2. The molecule has 0 bridgehead atoms. The van der Waals surface area contributed by atoms with Gasteiger partial charge in [-0.1, -0.05) is 40.2 Å². The SMILES string of the molecule is C[C@H](NCc1ccc(-n2ccnc2)cc1)c1cccc(Br)c1. The summed E-state index contributed by atoms with van der Waals surface area (Å²) < 4.78 is 3.12. The molecule has 0 saturated heterocycles. The van der Waals surface area contributed by atoms with Crippen LogP contribution in [0.5, 0.6) is 0 Å². The van der Waals surface area contributed by atoms with E-state index in [0.717, 1.165) is 16.7 Å².